The Kier molecular flexibility index (Phi) is 4.93. The standard InChI is InChI=1S/C17H30N2O2S/c1-17(2,3)21-16(20)19-13-6-7-14(19)10-12(9-13)18-11-15-5-4-8-22-15/h12-15,18H,4-11H2,1-3H3. The maximum Gasteiger partial charge on any atom is 0.410 e. The molecule has 3 fully saturated rings. The van der Waals surface area contributed by atoms with Crippen LogP contribution < -0.4 is 5.32 Å². The molecule has 3 heterocycles. The van der Waals surface area contributed by atoms with Crippen LogP contribution in [0.1, 0.15) is 59.3 Å². The summed E-state index contributed by atoms with van der Waals surface area (Å²) < 4.78 is 5.60. The molecule has 0 aromatic heterocycles. The van der Waals surface area contributed by atoms with Gasteiger partial charge in [0.25, 0.3) is 0 Å². The third-order valence-electron chi connectivity index (χ3n) is 5.00. The van der Waals surface area contributed by atoms with Crippen molar-refractivity contribution in [3.05, 3.63) is 0 Å². The van der Waals surface area contributed by atoms with Crippen LogP contribution in [0.4, 0.5) is 4.79 Å². The molecule has 0 spiro atoms. The molecule has 126 valence electrons. The van der Waals surface area contributed by atoms with Crippen LogP contribution in [0, 0.1) is 0 Å². The number of nitrogens with one attached hydrogen (secondary N) is 1. The van der Waals surface area contributed by atoms with E-state index in [9.17, 15) is 4.79 Å². The minimum atomic E-state index is -0.398. The van der Waals surface area contributed by atoms with E-state index in [0.717, 1.165) is 37.5 Å². The lowest BCUT2D eigenvalue weighted by molar-refractivity contribution is 0.00476. The fourth-order valence-electron chi connectivity index (χ4n) is 4.06. The third-order valence-corrected chi connectivity index (χ3v) is 6.39. The fourth-order valence-corrected chi connectivity index (χ4v) is 5.27. The second-order valence-corrected chi connectivity index (χ2v) is 9.39. The molecule has 0 radical (unpaired) electrons. The predicted octanol–water partition coefficient (Wildman–Crippen LogP) is 3.40. The maximum atomic E-state index is 12.4. The summed E-state index contributed by atoms with van der Waals surface area (Å²) in [4.78, 5) is 14.5. The predicted molar refractivity (Wildman–Crippen MR) is 91.4 cm³/mol. The number of rotatable bonds is 3. The number of thioether (sulfide) groups is 1. The van der Waals surface area contributed by atoms with Gasteiger partial charge < -0.3 is 15.0 Å². The maximum absolute atomic E-state index is 12.4. The van der Waals surface area contributed by atoms with Crippen LogP contribution in [-0.2, 0) is 4.74 Å². The minimum absolute atomic E-state index is 0.107. The Bertz CT molecular complexity index is 390. The highest BCUT2D eigenvalue weighted by Crippen LogP contribution is 2.37. The van der Waals surface area contributed by atoms with E-state index in [4.69, 9.17) is 4.74 Å². The van der Waals surface area contributed by atoms with Gasteiger partial charge in [0.1, 0.15) is 5.60 Å². The number of piperidine rings is 1. The van der Waals surface area contributed by atoms with E-state index in [1.54, 1.807) is 0 Å². The van der Waals surface area contributed by atoms with Crippen molar-refractivity contribution in [1.29, 1.82) is 0 Å². The van der Waals surface area contributed by atoms with E-state index in [-0.39, 0.29) is 6.09 Å². The van der Waals surface area contributed by atoms with Crippen molar-refractivity contribution in [2.24, 2.45) is 0 Å². The smallest absolute Gasteiger partial charge is 0.410 e. The van der Waals surface area contributed by atoms with Gasteiger partial charge in [-0.15, -0.1) is 0 Å². The molecule has 22 heavy (non-hydrogen) atoms. The molecule has 3 aliphatic heterocycles. The van der Waals surface area contributed by atoms with Gasteiger partial charge in [0.15, 0.2) is 0 Å². The molecular weight excluding hydrogens is 296 g/mol. The molecule has 5 heteroatoms. The summed E-state index contributed by atoms with van der Waals surface area (Å²) >= 11 is 2.11. The Morgan fingerprint density at radius 2 is 1.91 bits per heavy atom. The molecular formula is C17H30N2O2S. The Labute approximate surface area is 138 Å². The van der Waals surface area contributed by atoms with E-state index in [2.05, 4.69) is 17.1 Å². The Hall–Kier alpha value is -0.420. The number of carbonyl (C=O) groups is 1. The van der Waals surface area contributed by atoms with Crippen molar-refractivity contribution >= 4 is 17.9 Å². The van der Waals surface area contributed by atoms with Crippen molar-refractivity contribution in [3.8, 4) is 0 Å². The first kappa shape index (κ1) is 16.4. The molecule has 1 N–H and O–H groups in total. The highest BCUT2D eigenvalue weighted by Gasteiger charge is 2.44. The van der Waals surface area contributed by atoms with Crippen LogP contribution in [0.15, 0.2) is 0 Å². The SMILES string of the molecule is CC(C)(C)OC(=O)N1C2CCC1CC(NCC1CCCS1)C2. The van der Waals surface area contributed by atoms with Crippen molar-refractivity contribution in [1.82, 2.24) is 10.2 Å². The molecule has 0 aromatic carbocycles. The molecule has 3 rings (SSSR count). The van der Waals surface area contributed by atoms with Crippen LogP contribution in [0.3, 0.4) is 0 Å². The number of hydrogen-bond donors (Lipinski definition) is 1. The van der Waals surface area contributed by atoms with E-state index < -0.39 is 5.60 Å². The summed E-state index contributed by atoms with van der Waals surface area (Å²) in [5.74, 6) is 1.33. The van der Waals surface area contributed by atoms with E-state index in [1.807, 2.05) is 25.7 Å². The van der Waals surface area contributed by atoms with Crippen molar-refractivity contribution in [2.45, 2.75) is 88.3 Å². The Balaban J connectivity index is 1.51. The number of nitrogens with zero attached hydrogens (tertiary/aromatic N) is 1. The fraction of sp³-hybridized carbons (Fsp3) is 0.941. The molecule has 3 atom stereocenters. The van der Waals surface area contributed by atoms with Gasteiger partial charge in [0.05, 0.1) is 0 Å². The molecule has 4 nitrogen and oxygen atoms in total. The van der Waals surface area contributed by atoms with Crippen molar-refractivity contribution < 1.29 is 9.53 Å². The van der Waals surface area contributed by atoms with Gasteiger partial charge in [-0.3, -0.25) is 0 Å². The normalized spacial score (nSPS) is 35.0. The van der Waals surface area contributed by atoms with Gasteiger partial charge in [-0.2, -0.15) is 11.8 Å². The van der Waals surface area contributed by atoms with Gasteiger partial charge in [-0.25, -0.2) is 4.79 Å². The highest BCUT2D eigenvalue weighted by molar-refractivity contribution is 8.00. The molecule has 0 saturated carbocycles. The molecule has 2 bridgehead atoms. The number of carbonyl (C=O) groups excluding carboxylic acids is 1. The van der Waals surface area contributed by atoms with Crippen LogP contribution in [0.2, 0.25) is 0 Å². The quantitative estimate of drug-likeness (QED) is 0.863. The van der Waals surface area contributed by atoms with Gasteiger partial charge in [-0.05, 0) is 65.0 Å². The molecule has 0 aromatic rings. The van der Waals surface area contributed by atoms with E-state index in [0.29, 0.717) is 18.1 Å². The van der Waals surface area contributed by atoms with Gasteiger partial charge >= 0.3 is 6.09 Å². The van der Waals surface area contributed by atoms with Crippen molar-refractivity contribution in [3.63, 3.8) is 0 Å². The first-order valence-electron chi connectivity index (χ1n) is 8.78. The first-order chi connectivity index (χ1) is 10.4. The second kappa shape index (κ2) is 6.60. The van der Waals surface area contributed by atoms with Crippen LogP contribution in [0.25, 0.3) is 0 Å². The summed E-state index contributed by atoms with van der Waals surface area (Å²) in [6.07, 6.45) is 7.09. The average Bonchev–Trinajstić information content (AvgIpc) is 3.01. The lowest BCUT2D eigenvalue weighted by Gasteiger charge is -2.40. The average molecular weight is 327 g/mol. The summed E-state index contributed by atoms with van der Waals surface area (Å²) in [5, 5.41) is 4.58. The van der Waals surface area contributed by atoms with Gasteiger partial charge in [0, 0.05) is 29.9 Å². The topological polar surface area (TPSA) is 41.6 Å². The third kappa shape index (κ3) is 3.91. The number of fused-ring (bicyclic) bond motifs is 2. The number of ether oxygens (including phenoxy) is 1. The zero-order valence-corrected chi connectivity index (χ0v) is 15.0. The minimum Gasteiger partial charge on any atom is -0.444 e. The monoisotopic (exact) mass is 326 g/mol. The van der Waals surface area contributed by atoms with Crippen LogP contribution >= 0.6 is 11.8 Å². The molecule has 3 saturated heterocycles. The van der Waals surface area contributed by atoms with Crippen LogP contribution in [0.5, 0.6) is 0 Å². The van der Waals surface area contributed by atoms with Crippen molar-refractivity contribution in [2.75, 3.05) is 12.3 Å². The summed E-state index contributed by atoms with van der Waals surface area (Å²) in [7, 11) is 0. The zero-order chi connectivity index (χ0) is 15.7. The Morgan fingerprint density at radius 1 is 1.23 bits per heavy atom. The van der Waals surface area contributed by atoms with Crippen LogP contribution in [-0.4, -0.2) is 52.3 Å². The van der Waals surface area contributed by atoms with E-state index in [1.165, 1.54) is 18.6 Å². The number of amides is 1. The molecule has 0 aliphatic carbocycles. The molecule has 3 unspecified atom stereocenters. The Morgan fingerprint density at radius 3 is 2.45 bits per heavy atom. The summed E-state index contributed by atoms with van der Waals surface area (Å²) in [5.41, 5.74) is -0.398. The van der Waals surface area contributed by atoms with Gasteiger partial charge in [0.2, 0.25) is 0 Å². The summed E-state index contributed by atoms with van der Waals surface area (Å²) in [6.45, 7) is 6.97. The molecule has 1 amide bonds. The number of hydrogen-bond acceptors (Lipinski definition) is 4. The zero-order valence-electron chi connectivity index (χ0n) is 14.1. The lowest BCUT2D eigenvalue weighted by Crippen LogP contribution is -2.53. The largest absolute Gasteiger partial charge is 0.444 e. The van der Waals surface area contributed by atoms with Gasteiger partial charge in [-0.1, -0.05) is 0 Å². The van der Waals surface area contributed by atoms with E-state index >= 15 is 0 Å². The second-order valence-electron chi connectivity index (χ2n) is 7.98. The first-order valence-corrected chi connectivity index (χ1v) is 9.83. The summed E-state index contributed by atoms with van der Waals surface area (Å²) in [6, 6.07) is 1.34. The lowest BCUT2D eigenvalue weighted by atomic mass is 9.97. The highest BCUT2D eigenvalue weighted by atomic mass is 32.2. The molecule has 3 aliphatic rings.